The van der Waals surface area contributed by atoms with E-state index in [2.05, 4.69) is 0 Å². The number of hydrogen-bond acceptors (Lipinski definition) is 4. The number of esters is 1. The van der Waals surface area contributed by atoms with Crippen molar-refractivity contribution in [1.82, 2.24) is 0 Å². The Morgan fingerprint density at radius 2 is 1.87 bits per heavy atom. The number of ether oxygens (including phenoxy) is 2. The number of methoxy groups -OCH3 is 1. The first kappa shape index (κ1) is 10.4. The molecule has 2 aliphatic heterocycles. The number of primary amides is 1. The Kier molecular flexibility index (Phi) is 2.22. The highest BCUT2D eigenvalue weighted by molar-refractivity contribution is 5.84. The number of rotatable bonds is 2. The third-order valence-electron chi connectivity index (χ3n) is 3.72. The fourth-order valence-electron chi connectivity index (χ4n) is 2.46. The summed E-state index contributed by atoms with van der Waals surface area (Å²) in [6, 6.07) is 0. The van der Waals surface area contributed by atoms with Crippen molar-refractivity contribution in [3.8, 4) is 0 Å². The van der Waals surface area contributed by atoms with Crippen LogP contribution in [0.5, 0.6) is 0 Å². The van der Waals surface area contributed by atoms with E-state index in [9.17, 15) is 9.59 Å². The minimum atomic E-state index is -0.814. The predicted molar refractivity (Wildman–Crippen MR) is 50.8 cm³/mol. The molecule has 2 heterocycles. The van der Waals surface area contributed by atoms with Crippen LogP contribution in [-0.4, -0.2) is 31.2 Å². The standard InChI is InChI=1S/C10H15NO4/c1-14-8(13)10-4-2-9(3-5-10,6-15-10)7(11)12/h2-6H2,1H3,(H2,11,12). The lowest BCUT2D eigenvalue weighted by molar-refractivity contribution is -0.209. The van der Waals surface area contributed by atoms with Crippen molar-refractivity contribution in [1.29, 1.82) is 0 Å². The summed E-state index contributed by atoms with van der Waals surface area (Å²) >= 11 is 0. The Balaban J connectivity index is 2.17. The third-order valence-corrected chi connectivity index (χ3v) is 3.72. The quantitative estimate of drug-likeness (QED) is 0.653. The van der Waals surface area contributed by atoms with Gasteiger partial charge in [-0.2, -0.15) is 0 Å². The number of nitrogens with two attached hydrogens (primary N) is 1. The molecule has 5 heteroatoms. The minimum absolute atomic E-state index is 0.247. The molecule has 0 unspecified atom stereocenters. The Labute approximate surface area is 87.9 Å². The molecule has 15 heavy (non-hydrogen) atoms. The summed E-state index contributed by atoms with van der Waals surface area (Å²) in [4.78, 5) is 22.9. The van der Waals surface area contributed by atoms with E-state index in [4.69, 9.17) is 15.2 Å². The summed E-state index contributed by atoms with van der Waals surface area (Å²) in [5.41, 5.74) is 3.99. The van der Waals surface area contributed by atoms with Gasteiger partial charge in [0.25, 0.3) is 0 Å². The molecular weight excluding hydrogens is 198 g/mol. The molecule has 5 nitrogen and oxygen atoms in total. The van der Waals surface area contributed by atoms with E-state index in [0.29, 0.717) is 25.7 Å². The highest BCUT2D eigenvalue weighted by atomic mass is 16.6. The number of carbonyl (C=O) groups is 2. The number of carbonyl (C=O) groups excluding carboxylic acids is 2. The highest BCUT2D eigenvalue weighted by Gasteiger charge is 2.56. The molecule has 1 aliphatic carbocycles. The summed E-state index contributed by atoms with van der Waals surface area (Å²) < 4.78 is 10.2. The van der Waals surface area contributed by atoms with E-state index in [1.54, 1.807) is 0 Å². The summed E-state index contributed by atoms with van der Waals surface area (Å²) in [6.45, 7) is 0.247. The number of hydrogen-bond donors (Lipinski definition) is 1. The van der Waals surface area contributed by atoms with E-state index in [1.807, 2.05) is 0 Å². The Hall–Kier alpha value is -1.10. The smallest absolute Gasteiger partial charge is 0.338 e. The van der Waals surface area contributed by atoms with Crippen molar-refractivity contribution < 1.29 is 19.1 Å². The SMILES string of the molecule is COC(=O)C12CCC(C(N)=O)(CC1)CO2. The molecular formula is C10H15NO4. The second-order valence-corrected chi connectivity index (χ2v) is 4.42. The molecule has 2 saturated heterocycles. The van der Waals surface area contributed by atoms with Gasteiger partial charge in [-0.05, 0) is 25.7 Å². The topological polar surface area (TPSA) is 78.6 Å². The first-order valence-electron chi connectivity index (χ1n) is 5.07. The van der Waals surface area contributed by atoms with Gasteiger partial charge in [0.2, 0.25) is 5.91 Å². The maximum atomic E-state index is 11.6. The molecule has 2 bridgehead atoms. The van der Waals surface area contributed by atoms with E-state index in [0.717, 1.165) is 0 Å². The molecule has 3 aliphatic rings. The van der Waals surface area contributed by atoms with Gasteiger partial charge in [0, 0.05) is 0 Å². The lowest BCUT2D eigenvalue weighted by Gasteiger charge is -2.49. The minimum Gasteiger partial charge on any atom is -0.467 e. The zero-order valence-corrected chi connectivity index (χ0v) is 8.75. The molecule has 0 spiro atoms. The van der Waals surface area contributed by atoms with Crippen LogP contribution in [-0.2, 0) is 19.1 Å². The maximum Gasteiger partial charge on any atom is 0.338 e. The molecule has 2 N–H and O–H groups in total. The van der Waals surface area contributed by atoms with Crippen LogP contribution in [0.3, 0.4) is 0 Å². The largest absolute Gasteiger partial charge is 0.467 e. The fourth-order valence-corrected chi connectivity index (χ4v) is 2.46. The normalized spacial score (nSPS) is 38.7. The molecule has 3 fully saturated rings. The van der Waals surface area contributed by atoms with Crippen LogP contribution >= 0.6 is 0 Å². The van der Waals surface area contributed by atoms with Gasteiger partial charge in [-0.15, -0.1) is 0 Å². The lowest BCUT2D eigenvalue weighted by atomic mass is 9.65. The summed E-state index contributed by atoms with van der Waals surface area (Å²) in [7, 11) is 1.35. The van der Waals surface area contributed by atoms with E-state index in [-0.39, 0.29) is 18.5 Å². The van der Waals surface area contributed by atoms with Crippen LogP contribution < -0.4 is 5.73 Å². The van der Waals surface area contributed by atoms with E-state index < -0.39 is 11.0 Å². The number of amides is 1. The molecule has 0 radical (unpaired) electrons. The second-order valence-electron chi connectivity index (χ2n) is 4.42. The summed E-state index contributed by atoms with van der Waals surface area (Å²) in [5.74, 6) is -0.652. The van der Waals surface area contributed by atoms with Crippen LogP contribution in [0.2, 0.25) is 0 Å². The maximum absolute atomic E-state index is 11.6. The first-order valence-corrected chi connectivity index (χ1v) is 5.07. The van der Waals surface area contributed by atoms with Gasteiger partial charge in [0.15, 0.2) is 5.60 Å². The van der Waals surface area contributed by atoms with Crippen molar-refractivity contribution in [3.05, 3.63) is 0 Å². The van der Waals surface area contributed by atoms with Crippen molar-refractivity contribution in [2.24, 2.45) is 11.1 Å². The Morgan fingerprint density at radius 3 is 2.20 bits per heavy atom. The van der Waals surface area contributed by atoms with Gasteiger partial charge in [0.1, 0.15) is 0 Å². The first-order chi connectivity index (χ1) is 7.05. The van der Waals surface area contributed by atoms with Gasteiger partial charge in [-0.3, -0.25) is 4.79 Å². The van der Waals surface area contributed by atoms with Gasteiger partial charge in [-0.25, -0.2) is 4.79 Å². The summed E-state index contributed by atoms with van der Waals surface area (Å²) in [5, 5.41) is 0. The van der Waals surface area contributed by atoms with Gasteiger partial charge in [-0.1, -0.05) is 0 Å². The molecule has 1 amide bonds. The Morgan fingerprint density at radius 1 is 1.27 bits per heavy atom. The van der Waals surface area contributed by atoms with Crippen molar-refractivity contribution >= 4 is 11.9 Å². The molecule has 3 rings (SSSR count). The molecule has 84 valence electrons. The van der Waals surface area contributed by atoms with Gasteiger partial charge >= 0.3 is 5.97 Å². The molecule has 0 aromatic carbocycles. The van der Waals surface area contributed by atoms with Crippen LogP contribution in [0.4, 0.5) is 0 Å². The molecule has 1 saturated carbocycles. The van der Waals surface area contributed by atoms with Crippen molar-refractivity contribution in [2.45, 2.75) is 31.3 Å². The van der Waals surface area contributed by atoms with E-state index in [1.165, 1.54) is 7.11 Å². The van der Waals surface area contributed by atoms with Crippen LogP contribution in [0.1, 0.15) is 25.7 Å². The van der Waals surface area contributed by atoms with Crippen molar-refractivity contribution in [3.63, 3.8) is 0 Å². The zero-order valence-electron chi connectivity index (χ0n) is 8.75. The van der Waals surface area contributed by atoms with Crippen LogP contribution in [0, 0.1) is 5.41 Å². The summed E-state index contributed by atoms with van der Waals surface area (Å²) in [6.07, 6.45) is 2.31. The second kappa shape index (κ2) is 3.20. The Bertz CT molecular complexity index is 288. The molecule has 0 aromatic rings. The fraction of sp³-hybridized carbons (Fsp3) is 0.800. The average Bonchev–Trinajstić information content (AvgIpc) is 2.30. The van der Waals surface area contributed by atoms with Gasteiger partial charge < -0.3 is 15.2 Å². The third kappa shape index (κ3) is 1.33. The average molecular weight is 213 g/mol. The highest BCUT2D eigenvalue weighted by Crippen LogP contribution is 2.49. The van der Waals surface area contributed by atoms with Gasteiger partial charge in [0.05, 0.1) is 19.1 Å². The predicted octanol–water partition coefficient (Wildman–Crippen LogP) is -0.0259. The zero-order chi connectivity index (χ0) is 11.1. The monoisotopic (exact) mass is 213 g/mol. The van der Waals surface area contributed by atoms with Crippen molar-refractivity contribution in [2.75, 3.05) is 13.7 Å². The molecule has 0 aromatic heterocycles. The van der Waals surface area contributed by atoms with E-state index >= 15 is 0 Å². The van der Waals surface area contributed by atoms with Crippen LogP contribution in [0.15, 0.2) is 0 Å². The van der Waals surface area contributed by atoms with Crippen LogP contribution in [0.25, 0.3) is 0 Å². The lowest BCUT2D eigenvalue weighted by Crippen LogP contribution is -2.59. The number of fused-ring (bicyclic) bond motifs is 3. The molecule has 0 atom stereocenters.